The van der Waals surface area contributed by atoms with Crippen molar-refractivity contribution < 1.29 is 10.2 Å². The smallest absolute Gasteiger partial charge is 0.141 e. The summed E-state index contributed by atoms with van der Waals surface area (Å²) >= 11 is 0. The normalized spacial score (nSPS) is 20.5. The summed E-state index contributed by atoms with van der Waals surface area (Å²) in [5.41, 5.74) is 2.55. The van der Waals surface area contributed by atoms with Gasteiger partial charge in [0.15, 0.2) is 0 Å². The van der Waals surface area contributed by atoms with Crippen LogP contribution < -0.4 is 5.32 Å². The van der Waals surface area contributed by atoms with Gasteiger partial charge in [-0.3, -0.25) is 4.98 Å². The Balaban J connectivity index is 2.15. The van der Waals surface area contributed by atoms with E-state index in [4.69, 9.17) is 0 Å². The summed E-state index contributed by atoms with van der Waals surface area (Å²) in [6.45, 7) is 11.2. The fourth-order valence-corrected chi connectivity index (χ4v) is 2.93. The zero-order valence-electron chi connectivity index (χ0n) is 12.4. The number of pyridine rings is 1. The van der Waals surface area contributed by atoms with Gasteiger partial charge < -0.3 is 15.5 Å². The molecule has 4 heteroatoms. The molecule has 0 spiro atoms. The quantitative estimate of drug-likeness (QED) is 0.779. The first-order valence-electron chi connectivity index (χ1n) is 6.74. The molecule has 2 rings (SSSR count). The molecule has 0 amide bonds. The van der Waals surface area contributed by atoms with Crippen molar-refractivity contribution in [1.82, 2.24) is 10.3 Å². The van der Waals surface area contributed by atoms with Gasteiger partial charge in [0.1, 0.15) is 5.75 Å². The van der Waals surface area contributed by atoms with Crippen LogP contribution in [0.25, 0.3) is 0 Å². The van der Waals surface area contributed by atoms with Crippen LogP contribution in [0.4, 0.5) is 0 Å². The van der Waals surface area contributed by atoms with Crippen molar-refractivity contribution in [3.63, 3.8) is 0 Å². The van der Waals surface area contributed by atoms with Gasteiger partial charge in [0, 0.05) is 29.9 Å². The number of nitrogens with one attached hydrogen (secondary N) is 1. The minimum absolute atomic E-state index is 0.102. The Labute approximate surface area is 114 Å². The van der Waals surface area contributed by atoms with Crippen molar-refractivity contribution in [2.75, 3.05) is 0 Å². The first kappa shape index (κ1) is 14.3. The average molecular weight is 264 g/mol. The average Bonchev–Trinajstić information content (AvgIpc) is 2.72. The molecule has 0 aromatic carbocycles. The van der Waals surface area contributed by atoms with Crippen molar-refractivity contribution in [2.24, 2.45) is 10.8 Å². The highest BCUT2D eigenvalue weighted by Crippen LogP contribution is 2.62. The number of aromatic hydroxyl groups is 1. The second kappa shape index (κ2) is 4.46. The van der Waals surface area contributed by atoms with E-state index in [1.54, 1.807) is 13.1 Å². The van der Waals surface area contributed by atoms with Gasteiger partial charge in [-0.05, 0) is 17.8 Å². The van der Waals surface area contributed by atoms with E-state index in [-0.39, 0.29) is 23.2 Å². The fourth-order valence-electron chi connectivity index (χ4n) is 2.93. The zero-order valence-corrected chi connectivity index (χ0v) is 12.4. The van der Waals surface area contributed by atoms with Gasteiger partial charge in [0.25, 0.3) is 0 Å². The third kappa shape index (κ3) is 2.13. The van der Waals surface area contributed by atoms with Crippen molar-refractivity contribution in [1.29, 1.82) is 0 Å². The molecule has 0 radical (unpaired) electrons. The van der Waals surface area contributed by atoms with Crippen molar-refractivity contribution >= 4 is 0 Å². The molecule has 1 aliphatic carbocycles. The maximum Gasteiger partial charge on any atom is 0.141 e. The van der Waals surface area contributed by atoms with Crippen LogP contribution in [0, 0.1) is 17.8 Å². The first-order valence-corrected chi connectivity index (χ1v) is 6.74. The number of aryl methyl sites for hydroxylation is 1. The molecule has 1 saturated carbocycles. The molecular weight excluding hydrogens is 240 g/mol. The number of aliphatic hydroxyl groups is 1. The summed E-state index contributed by atoms with van der Waals surface area (Å²) in [6, 6.07) is 0.416. The fraction of sp³-hybridized carbons (Fsp3) is 0.667. The molecule has 0 unspecified atom stereocenters. The lowest BCUT2D eigenvalue weighted by atomic mass is 10.0. The Morgan fingerprint density at radius 3 is 2.32 bits per heavy atom. The van der Waals surface area contributed by atoms with E-state index < -0.39 is 0 Å². The number of aromatic nitrogens is 1. The maximum absolute atomic E-state index is 10.1. The number of aliphatic hydroxyl groups excluding tert-OH is 1. The monoisotopic (exact) mass is 264 g/mol. The number of nitrogens with zero attached hydrogens (tertiary/aromatic N) is 1. The van der Waals surface area contributed by atoms with Gasteiger partial charge in [-0.2, -0.15) is 0 Å². The van der Waals surface area contributed by atoms with Crippen LogP contribution in [0.2, 0.25) is 0 Å². The van der Waals surface area contributed by atoms with Crippen LogP contribution >= 0.6 is 0 Å². The summed E-state index contributed by atoms with van der Waals surface area (Å²) in [4.78, 5) is 4.07. The van der Waals surface area contributed by atoms with E-state index in [9.17, 15) is 10.2 Å². The summed E-state index contributed by atoms with van der Waals surface area (Å²) in [5, 5.41) is 22.9. The van der Waals surface area contributed by atoms with Crippen LogP contribution in [0.5, 0.6) is 5.75 Å². The third-order valence-electron chi connectivity index (χ3n) is 5.10. The van der Waals surface area contributed by atoms with Crippen LogP contribution in [0.1, 0.15) is 44.5 Å². The van der Waals surface area contributed by atoms with Crippen molar-refractivity contribution in [3.8, 4) is 5.75 Å². The Morgan fingerprint density at radius 1 is 1.26 bits per heavy atom. The molecule has 1 aromatic heterocycles. The van der Waals surface area contributed by atoms with Gasteiger partial charge in [-0.25, -0.2) is 0 Å². The highest BCUT2D eigenvalue weighted by Gasteiger charge is 2.64. The van der Waals surface area contributed by atoms with E-state index in [2.05, 4.69) is 38.0 Å². The predicted octanol–water partition coefficient (Wildman–Crippen LogP) is 2.11. The summed E-state index contributed by atoms with van der Waals surface area (Å²) in [7, 11) is 0. The minimum atomic E-state index is -0.102. The summed E-state index contributed by atoms with van der Waals surface area (Å²) < 4.78 is 0. The zero-order chi connectivity index (χ0) is 14.4. The van der Waals surface area contributed by atoms with E-state index in [1.807, 2.05) is 0 Å². The van der Waals surface area contributed by atoms with Gasteiger partial charge in [0.2, 0.25) is 0 Å². The largest absolute Gasteiger partial charge is 0.506 e. The molecule has 19 heavy (non-hydrogen) atoms. The van der Waals surface area contributed by atoms with Crippen molar-refractivity contribution in [2.45, 2.75) is 53.8 Å². The molecule has 1 heterocycles. The third-order valence-corrected chi connectivity index (χ3v) is 5.10. The van der Waals surface area contributed by atoms with Crippen molar-refractivity contribution in [3.05, 3.63) is 23.0 Å². The standard InChI is InChI=1S/C15H24N2O2/c1-9-12(19)11(10(8-18)6-16-9)7-17-13-14(2,3)15(13,4)5/h6,13,17-19H,7-8H2,1-5H3. The Kier molecular flexibility index (Phi) is 3.35. The molecule has 0 aliphatic heterocycles. The van der Waals surface area contributed by atoms with Crippen LogP contribution in [0.15, 0.2) is 6.20 Å². The molecule has 0 atom stereocenters. The molecule has 1 aromatic rings. The highest BCUT2D eigenvalue weighted by atomic mass is 16.3. The second-order valence-corrected chi connectivity index (χ2v) is 6.61. The van der Waals surface area contributed by atoms with Gasteiger partial charge in [0.05, 0.1) is 12.3 Å². The predicted molar refractivity (Wildman–Crippen MR) is 74.8 cm³/mol. The van der Waals surface area contributed by atoms with E-state index in [0.29, 0.717) is 23.8 Å². The highest BCUT2D eigenvalue weighted by molar-refractivity contribution is 5.40. The lowest BCUT2D eigenvalue weighted by Crippen LogP contribution is -2.22. The molecule has 4 nitrogen and oxygen atoms in total. The van der Waals surface area contributed by atoms with Crippen LogP contribution in [-0.4, -0.2) is 21.2 Å². The molecule has 0 saturated heterocycles. The Morgan fingerprint density at radius 2 is 1.84 bits per heavy atom. The van der Waals surface area contributed by atoms with Gasteiger partial charge in [-0.15, -0.1) is 0 Å². The molecule has 1 aliphatic rings. The van der Waals surface area contributed by atoms with E-state index in [0.717, 1.165) is 5.56 Å². The molecule has 106 valence electrons. The number of hydrogen-bond acceptors (Lipinski definition) is 4. The Hall–Kier alpha value is -1.13. The summed E-state index contributed by atoms with van der Waals surface area (Å²) in [6.07, 6.45) is 1.63. The SMILES string of the molecule is Cc1ncc(CO)c(CNC2C(C)(C)C2(C)C)c1O. The molecule has 0 bridgehead atoms. The lowest BCUT2D eigenvalue weighted by molar-refractivity contribution is 0.278. The van der Waals surface area contributed by atoms with Gasteiger partial charge >= 0.3 is 0 Å². The van der Waals surface area contributed by atoms with Crippen LogP contribution in [-0.2, 0) is 13.2 Å². The minimum Gasteiger partial charge on any atom is -0.506 e. The topological polar surface area (TPSA) is 65.4 Å². The summed E-state index contributed by atoms with van der Waals surface area (Å²) in [5.74, 6) is 0.190. The first-order chi connectivity index (χ1) is 8.73. The Bertz CT molecular complexity index is 481. The lowest BCUT2D eigenvalue weighted by Gasteiger charge is -2.13. The van der Waals surface area contributed by atoms with E-state index in [1.165, 1.54) is 0 Å². The molecule has 1 fully saturated rings. The number of hydrogen-bond donors (Lipinski definition) is 3. The number of rotatable bonds is 4. The molecule has 3 N–H and O–H groups in total. The molecular formula is C15H24N2O2. The van der Waals surface area contributed by atoms with Crippen LogP contribution in [0.3, 0.4) is 0 Å². The second-order valence-electron chi connectivity index (χ2n) is 6.61. The van der Waals surface area contributed by atoms with E-state index >= 15 is 0 Å². The van der Waals surface area contributed by atoms with Gasteiger partial charge in [-0.1, -0.05) is 27.7 Å². The maximum atomic E-state index is 10.1.